The molecular weight excluding hydrogens is 346 g/mol. The quantitative estimate of drug-likeness (QED) is 0.668. The van der Waals surface area contributed by atoms with Gasteiger partial charge in [-0.3, -0.25) is 14.6 Å². The van der Waals surface area contributed by atoms with Gasteiger partial charge in [0.25, 0.3) is 0 Å². The maximum absolute atomic E-state index is 5.98. The fourth-order valence-electron chi connectivity index (χ4n) is 3.40. The van der Waals surface area contributed by atoms with Crippen molar-refractivity contribution in [3.8, 4) is 0 Å². The van der Waals surface area contributed by atoms with Crippen molar-refractivity contribution in [2.24, 2.45) is 0 Å². The molecule has 0 spiro atoms. The number of aryl methyl sites for hydroxylation is 2. The smallest absolute Gasteiger partial charge is 0.0897 e. The van der Waals surface area contributed by atoms with Gasteiger partial charge in [0.05, 0.1) is 41.3 Å². The van der Waals surface area contributed by atoms with E-state index in [9.17, 15) is 0 Å². The van der Waals surface area contributed by atoms with E-state index in [0.717, 1.165) is 41.7 Å². The van der Waals surface area contributed by atoms with Gasteiger partial charge in [0.1, 0.15) is 0 Å². The molecule has 1 unspecified atom stereocenters. The lowest BCUT2D eigenvalue weighted by molar-refractivity contribution is 0.0516. The number of thiazole rings is 1. The highest BCUT2D eigenvalue weighted by Gasteiger charge is 2.26. The van der Waals surface area contributed by atoms with E-state index in [0.29, 0.717) is 13.2 Å². The molecule has 7 heteroatoms. The number of fused-ring (bicyclic) bond motifs is 1. The molecule has 0 fully saturated rings. The molecule has 4 rings (SSSR count). The van der Waals surface area contributed by atoms with Crippen LogP contribution in [-0.2, 0) is 24.4 Å². The van der Waals surface area contributed by atoms with E-state index in [-0.39, 0.29) is 6.04 Å². The molecule has 1 atom stereocenters. The Kier molecular flexibility index (Phi) is 5.10. The Labute approximate surface area is 157 Å². The van der Waals surface area contributed by atoms with Gasteiger partial charge in [-0.25, -0.2) is 4.98 Å². The zero-order valence-corrected chi connectivity index (χ0v) is 15.9. The van der Waals surface area contributed by atoms with Crippen LogP contribution in [0.3, 0.4) is 0 Å². The van der Waals surface area contributed by atoms with E-state index in [4.69, 9.17) is 4.74 Å². The predicted octanol–water partition coefficient (Wildman–Crippen LogP) is 3.13. The van der Waals surface area contributed by atoms with E-state index < -0.39 is 0 Å². The van der Waals surface area contributed by atoms with Crippen LogP contribution in [0.1, 0.15) is 33.8 Å². The fourth-order valence-corrected chi connectivity index (χ4v) is 4.00. The van der Waals surface area contributed by atoms with Crippen molar-refractivity contribution in [1.82, 2.24) is 24.6 Å². The minimum absolute atomic E-state index is 0.207. The molecule has 4 heterocycles. The van der Waals surface area contributed by atoms with Crippen molar-refractivity contribution < 1.29 is 4.74 Å². The molecule has 3 aromatic heterocycles. The van der Waals surface area contributed by atoms with Crippen LogP contribution in [0.2, 0.25) is 0 Å². The number of pyridine rings is 1. The maximum Gasteiger partial charge on any atom is 0.0897 e. The third-order valence-electron chi connectivity index (χ3n) is 4.51. The highest BCUT2D eigenvalue weighted by molar-refractivity contribution is 7.09. The zero-order valence-electron chi connectivity index (χ0n) is 15.1. The van der Waals surface area contributed by atoms with Gasteiger partial charge in [-0.1, -0.05) is 6.07 Å². The normalized spacial score (nSPS) is 17.4. The van der Waals surface area contributed by atoms with Gasteiger partial charge >= 0.3 is 0 Å². The molecule has 0 saturated heterocycles. The van der Waals surface area contributed by atoms with Crippen molar-refractivity contribution in [2.45, 2.75) is 39.6 Å². The van der Waals surface area contributed by atoms with E-state index in [1.165, 1.54) is 5.69 Å². The highest BCUT2D eigenvalue weighted by atomic mass is 32.1. The van der Waals surface area contributed by atoms with Crippen LogP contribution in [0.25, 0.3) is 0 Å². The Morgan fingerprint density at radius 2 is 2.12 bits per heavy atom. The molecule has 3 aromatic rings. The summed E-state index contributed by atoms with van der Waals surface area (Å²) < 4.78 is 8.08. The average molecular weight is 369 g/mol. The van der Waals surface area contributed by atoms with E-state index in [1.807, 2.05) is 31.3 Å². The second-order valence-electron chi connectivity index (χ2n) is 6.73. The maximum atomic E-state index is 5.98. The van der Waals surface area contributed by atoms with Crippen LogP contribution in [-0.4, -0.2) is 37.8 Å². The second kappa shape index (κ2) is 7.65. The van der Waals surface area contributed by atoms with Gasteiger partial charge in [-0.15, -0.1) is 11.3 Å². The third kappa shape index (κ3) is 4.00. The number of hydrogen-bond acceptors (Lipinski definition) is 6. The molecule has 0 saturated carbocycles. The zero-order chi connectivity index (χ0) is 17.9. The Balaban J connectivity index is 1.39. The van der Waals surface area contributed by atoms with Crippen LogP contribution < -0.4 is 0 Å². The summed E-state index contributed by atoms with van der Waals surface area (Å²) in [5, 5.41) is 7.77. The lowest BCUT2D eigenvalue weighted by Crippen LogP contribution is -2.39. The van der Waals surface area contributed by atoms with Crippen molar-refractivity contribution in [3.63, 3.8) is 0 Å². The first kappa shape index (κ1) is 17.3. The topological polar surface area (TPSA) is 56.1 Å². The van der Waals surface area contributed by atoms with Crippen molar-refractivity contribution in [3.05, 3.63) is 63.6 Å². The van der Waals surface area contributed by atoms with Crippen LogP contribution in [0.5, 0.6) is 0 Å². The van der Waals surface area contributed by atoms with Crippen LogP contribution in [0.4, 0.5) is 0 Å². The molecule has 1 aliphatic rings. The minimum atomic E-state index is 0.207. The Morgan fingerprint density at radius 1 is 1.19 bits per heavy atom. The first-order valence-corrected chi connectivity index (χ1v) is 9.71. The monoisotopic (exact) mass is 369 g/mol. The van der Waals surface area contributed by atoms with E-state index in [1.54, 1.807) is 11.3 Å². The van der Waals surface area contributed by atoms with Gasteiger partial charge in [0.15, 0.2) is 0 Å². The highest BCUT2D eigenvalue weighted by Crippen LogP contribution is 2.23. The van der Waals surface area contributed by atoms with Gasteiger partial charge in [-0.05, 0) is 32.0 Å². The first-order valence-electron chi connectivity index (χ1n) is 8.83. The fraction of sp³-hybridized carbons (Fsp3) is 0.421. The van der Waals surface area contributed by atoms with Crippen LogP contribution >= 0.6 is 11.3 Å². The molecule has 1 aliphatic heterocycles. The van der Waals surface area contributed by atoms with Crippen LogP contribution in [0.15, 0.2) is 35.8 Å². The van der Waals surface area contributed by atoms with Crippen molar-refractivity contribution >= 4 is 11.3 Å². The van der Waals surface area contributed by atoms with E-state index >= 15 is 0 Å². The number of aromatic nitrogens is 4. The molecular formula is C19H23N5OS. The third-order valence-corrected chi connectivity index (χ3v) is 5.33. The molecule has 26 heavy (non-hydrogen) atoms. The number of ether oxygens (including phenoxy) is 1. The second-order valence-corrected chi connectivity index (χ2v) is 7.80. The lowest BCUT2D eigenvalue weighted by Gasteiger charge is -2.33. The summed E-state index contributed by atoms with van der Waals surface area (Å²) in [6.45, 7) is 7.87. The Hall–Kier alpha value is -2.09. The molecule has 136 valence electrons. The van der Waals surface area contributed by atoms with Gasteiger partial charge in [-0.2, -0.15) is 5.10 Å². The van der Waals surface area contributed by atoms with E-state index in [2.05, 4.69) is 43.0 Å². The van der Waals surface area contributed by atoms with Crippen molar-refractivity contribution in [1.29, 1.82) is 0 Å². The summed E-state index contributed by atoms with van der Waals surface area (Å²) in [5.74, 6) is 0. The Morgan fingerprint density at radius 3 is 2.92 bits per heavy atom. The summed E-state index contributed by atoms with van der Waals surface area (Å²) in [6, 6.07) is 8.32. The van der Waals surface area contributed by atoms with Crippen LogP contribution in [0, 0.1) is 13.8 Å². The summed E-state index contributed by atoms with van der Waals surface area (Å²) in [5.41, 5.74) is 4.36. The Bertz CT molecular complexity index is 874. The molecule has 0 bridgehead atoms. The summed E-state index contributed by atoms with van der Waals surface area (Å²) in [7, 11) is 0. The largest absolute Gasteiger partial charge is 0.373 e. The van der Waals surface area contributed by atoms with Gasteiger partial charge in [0, 0.05) is 36.9 Å². The van der Waals surface area contributed by atoms with Crippen molar-refractivity contribution in [2.75, 3.05) is 13.2 Å². The number of rotatable bonds is 6. The minimum Gasteiger partial charge on any atom is -0.373 e. The van der Waals surface area contributed by atoms with Gasteiger partial charge < -0.3 is 4.74 Å². The average Bonchev–Trinajstić information content (AvgIpc) is 3.24. The summed E-state index contributed by atoms with van der Waals surface area (Å²) in [4.78, 5) is 11.5. The molecule has 6 nitrogen and oxygen atoms in total. The summed E-state index contributed by atoms with van der Waals surface area (Å²) >= 11 is 1.71. The van der Waals surface area contributed by atoms with Gasteiger partial charge in [0.2, 0.25) is 0 Å². The standard InChI is InChI=1S/C19H23N5OS/c1-14-4-3-5-16(21-14)11-25-12-19-10-23(8-17-13-26-15(2)22-17)9-18-6-7-20-24(18)19/h3-7,13,19H,8-12H2,1-2H3. The predicted molar refractivity (Wildman–Crippen MR) is 101 cm³/mol. The lowest BCUT2D eigenvalue weighted by atomic mass is 10.2. The molecule has 0 N–H and O–H groups in total. The molecule has 0 aromatic carbocycles. The number of hydrogen-bond donors (Lipinski definition) is 0. The first-order chi connectivity index (χ1) is 12.7. The molecule has 0 aliphatic carbocycles. The molecule has 0 radical (unpaired) electrons. The summed E-state index contributed by atoms with van der Waals surface area (Å²) in [6.07, 6.45) is 1.88. The number of nitrogens with zero attached hydrogens (tertiary/aromatic N) is 5. The SMILES string of the molecule is Cc1cccc(COCC2CN(Cc3csc(C)n3)Cc3ccnn32)n1. The molecule has 0 amide bonds.